The van der Waals surface area contributed by atoms with Gasteiger partial charge in [0, 0.05) is 24.3 Å². The average Bonchev–Trinajstić information content (AvgIpc) is 2.65. The van der Waals surface area contributed by atoms with E-state index in [-0.39, 0.29) is 0 Å². The van der Waals surface area contributed by atoms with Gasteiger partial charge in [0.1, 0.15) is 5.82 Å². The van der Waals surface area contributed by atoms with E-state index in [4.69, 9.17) is 5.73 Å². The van der Waals surface area contributed by atoms with Crippen molar-refractivity contribution in [2.75, 3.05) is 24.1 Å². The first-order chi connectivity index (χ1) is 7.24. The zero-order valence-electron chi connectivity index (χ0n) is 8.95. The van der Waals surface area contributed by atoms with E-state index in [2.05, 4.69) is 20.6 Å². The third-order valence-corrected chi connectivity index (χ3v) is 2.56. The molecule has 5 nitrogen and oxygen atoms in total. The SMILES string of the molecule is Cc1cc(NC[C@@H]2CCCN2)nc(N)n1. The number of aryl methyl sites for hydroxylation is 1. The number of rotatable bonds is 3. The molecule has 1 aromatic heterocycles. The number of anilines is 2. The zero-order chi connectivity index (χ0) is 10.7. The predicted octanol–water partition coefficient (Wildman–Crippen LogP) is 0.531. The molecule has 0 spiro atoms. The molecule has 1 aliphatic heterocycles. The normalized spacial score (nSPS) is 20.5. The Morgan fingerprint density at radius 2 is 2.47 bits per heavy atom. The fourth-order valence-corrected chi connectivity index (χ4v) is 1.84. The molecule has 0 aromatic carbocycles. The summed E-state index contributed by atoms with van der Waals surface area (Å²) in [5.41, 5.74) is 6.46. The minimum Gasteiger partial charge on any atom is -0.368 e. The summed E-state index contributed by atoms with van der Waals surface area (Å²) < 4.78 is 0. The van der Waals surface area contributed by atoms with Gasteiger partial charge in [0.25, 0.3) is 0 Å². The summed E-state index contributed by atoms with van der Waals surface area (Å²) in [6, 6.07) is 2.46. The van der Waals surface area contributed by atoms with Crippen molar-refractivity contribution in [3.63, 3.8) is 0 Å². The molecule has 1 atom stereocenters. The smallest absolute Gasteiger partial charge is 0.222 e. The van der Waals surface area contributed by atoms with Crippen LogP contribution in [0, 0.1) is 6.92 Å². The maximum Gasteiger partial charge on any atom is 0.222 e. The Hall–Kier alpha value is -1.36. The van der Waals surface area contributed by atoms with Crippen LogP contribution in [0.5, 0.6) is 0 Å². The number of aromatic nitrogens is 2. The first-order valence-corrected chi connectivity index (χ1v) is 5.32. The van der Waals surface area contributed by atoms with E-state index in [0.717, 1.165) is 24.6 Å². The molecule has 82 valence electrons. The number of hydrogen-bond acceptors (Lipinski definition) is 5. The predicted molar refractivity (Wildman–Crippen MR) is 60.7 cm³/mol. The minimum atomic E-state index is 0.330. The van der Waals surface area contributed by atoms with Crippen LogP contribution in [0.25, 0.3) is 0 Å². The quantitative estimate of drug-likeness (QED) is 0.674. The summed E-state index contributed by atoms with van der Waals surface area (Å²) >= 11 is 0. The molecule has 2 heterocycles. The van der Waals surface area contributed by atoms with Gasteiger partial charge in [0.05, 0.1) is 0 Å². The maximum absolute atomic E-state index is 5.57. The molecule has 15 heavy (non-hydrogen) atoms. The van der Waals surface area contributed by atoms with Gasteiger partial charge in [-0.05, 0) is 26.3 Å². The van der Waals surface area contributed by atoms with Crippen molar-refractivity contribution in [1.29, 1.82) is 0 Å². The van der Waals surface area contributed by atoms with Crippen molar-refractivity contribution >= 4 is 11.8 Å². The van der Waals surface area contributed by atoms with E-state index >= 15 is 0 Å². The van der Waals surface area contributed by atoms with E-state index in [0.29, 0.717) is 12.0 Å². The second kappa shape index (κ2) is 4.44. The summed E-state index contributed by atoms with van der Waals surface area (Å²) in [6.07, 6.45) is 2.49. The molecule has 0 bridgehead atoms. The standard InChI is InChI=1S/C10H17N5/c1-7-5-9(15-10(11)14-7)13-6-8-3-2-4-12-8/h5,8,12H,2-4,6H2,1H3,(H3,11,13,14,15)/t8-/m0/s1. The van der Waals surface area contributed by atoms with Gasteiger partial charge in [-0.15, -0.1) is 0 Å². The molecular formula is C10H17N5. The van der Waals surface area contributed by atoms with E-state index in [1.165, 1.54) is 12.8 Å². The monoisotopic (exact) mass is 207 g/mol. The van der Waals surface area contributed by atoms with Crippen molar-refractivity contribution in [3.05, 3.63) is 11.8 Å². The molecule has 4 N–H and O–H groups in total. The Bertz CT molecular complexity index is 312. The number of nitrogens with zero attached hydrogens (tertiary/aromatic N) is 2. The van der Waals surface area contributed by atoms with Crippen LogP contribution in [-0.2, 0) is 0 Å². The van der Waals surface area contributed by atoms with Gasteiger partial charge in [0.2, 0.25) is 5.95 Å². The van der Waals surface area contributed by atoms with Crippen LogP contribution < -0.4 is 16.4 Å². The summed E-state index contributed by atoms with van der Waals surface area (Å²) in [4.78, 5) is 8.15. The molecule has 1 fully saturated rings. The molecule has 0 radical (unpaired) electrons. The average molecular weight is 207 g/mol. The number of nitrogens with one attached hydrogen (secondary N) is 2. The van der Waals surface area contributed by atoms with E-state index < -0.39 is 0 Å². The molecule has 2 rings (SSSR count). The molecular weight excluding hydrogens is 190 g/mol. The van der Waals surface area contributed by atoms with E-state index in [1.807, 2.05) is 13.0 Å². The lowest BCUT2D eigenvalue weighted by Crippen LogP contribution is -2.29. The van der Waals surface area contributed by atoms with Crippen LogP contribution in [0.3, 0.4) is 0 Å². The van der Waals surface area contributed by atoms with Gasteiger partial charge < -0.3 is 16.4 Å². The number of hydrogen-bond donors (Lipinski definition) is 3. The summed E-state index contributed by atoms with van der Waals surface area (Å²) in [5, 5.41) is 6.69. The second-order valence-corrected chi connectivity index (χ2v) is 3.93. The third kappa shape index (κ3) is 2.79. The first-order valence-electron chi connectivity index (χ1n) is 5.32. The maximum atomic E-state index is 5.57. The Balaban J connectivity index is 1.92. The molecule has 1 aromatic rings. The van der Waals surface area contributed by atoms with Crippen LogP contribution in [0.2, 0.25) is 0 Å². The van der Waals surface area contributed by atoms with Gasteiger partial charge in [0.15, 0.2) is 0 Å². The minimum absolute atomic E-state index is 0.330. The number of nitrogen functional groups attached to an aromatic ring is 1. The largest absolute Gasteiger partial charge is 0.368 e. The Morgan fingerprint density at radius 3 is 3.13 bits per heavy atom. The molecule has 0 unspecified atom stereocenters. The van der Waals surface area contributed by atoms with E-state index in [9.17, 15) is 0 Å². The van der Waals surface area contributed by atoms with Crippen molar-refractivity contribution in [1.82, 2.24) is 15.3 Å². The van der Waals surface area contributed by atoms with Gasteiger partial charge in [-0.1, -0.05) is 0 Å². The Morgan fingerprint density at radius 1 is 1.60 bits per heavy atom. The highest BCUT2D eigenvalue weighted by Crippen LogP contribution is 2.09. The Kier molecular flexibility index (Phi) is 3.01. The van der Waals surface area contributed by atoms with Crippen LogP contribution >= 0.6 is 0 Å². The first kappa shape index (κ1) is 10.2. The fraction of sp³-hybridized carbons (Fsp3) is 0.600. The van der Waals surface area contributed by atoms with Crippen molar-refractivity contribution in [2.24, 2.45) is 0 Å². The van der Waals surface area contributed by atoms with Crippen LogP contribution in [0.4, 0.5) is 11.8 Å². The zero-order valence-corrected chi connectivity index (χ0v) is 8.95. The molecule has 0 amide bonds. The number of nitrogens with two attached hydrogens (primary N) is 1. The summed E-state index contributed by atoms with van der Waals surface area (Å²) in [5.74, 6) is 1.14. The highest BCUT2D eigenvalue weighted by molar-refractivity contribution is 5.40. The highest BCUT2D eigenvalue weighted by atomic mass is 15.1. The summed E-state index contributed by atoms with van der Waals surface area (Å²) in [7, 11) is 0. The lowest BCUT2D eigenvalue weighted by Gasteiger charge is -2.12. The fourth-order valence-electron chi connectivity index (χ4n) is 1.84. The highest BCUT2D eigenvalue weighted by Gasteiger charge is 2.13. The van der Waals surface area contributed by atoms with Crippen LogP contribution in [0.15, 0.2) is 6.07 Å². The van der Waals surface area contributed by atoms with Gasteiger partial charge in [-0.25, -0.2) is 4.98 Å². The molecule has 0 saturated carbocycles. The van der Waals surface area contributed by atoms with E-state index in [1.54, 1.807) is 0 Å². The van der Waals surface area contributed by atoms with Crippen molar-refractivity contribution < 1.29 is 0 Å². The second-order valence-electron chi connectivity index (χ2n) is 3.93. The third-order valence-electron chi connectivity index (χ3n) is 2.56. The van der Waals surface area contributed by atoms with Crippen LogP contribution in [-0.4, -0.2) is 29.1 Å². The lowest BCUT2D eigenvalue weighted by atomic mass is 10.2. The molecule has 5 heteroatoms. The summed E-state index contributed by atoms with van der Waals surface area (Å²) in [6.45, 7) is 3.93. The Labute approximate surface area is 89.5 Å². The molecule has 1 aliphatic rings. The topological polar surface area (TPSA) is 75.9 Å². The van der Waals surface area contributed by atoms with Gasteiger partial charge >= 0.3 is 0 Å². The molecule has 0 aliphatic carbocycles. The van der Waals surface area contributed by atoms with Crippen molar-refractivity contribution in [2.45, 2.75) is 25.8 Å². The van der Waals surface area contributed by atoms with Gasteiger partial charge in [-0.3, -0.25) is 0 Å². The van der Waals surface area contributed by atoms with Gasteiger partial charge in [-0.2, -0.15) is 4.98 Å². The lowest BCUT2D eigenvalue weighted by molar-refractivity contribution is 0.632. The molecule has 1 saturated heterocycles. The van der Waals surface area contributed by atoms with Crippen LogP contribution in [0.1, 0.15) is 18.5 Å². The van der Waals surface area contributed by atoms with Crippen molar-refractivity contribution in [3.8, 4) is 0 Å².